The zero-order valence-electron chi connectivity index (χ0n) is 11.0. The van der Waals surface area contributed by atoms with Crippen molar-refractivity contribution in [1.29, 1.82) is 0 Å². The highest BCUT2D eigenvalue weighted by atomic mass is 15.1. The fourth-order valence-corrected chi connectivity index (χ4v) is 2.83. The first kappa shape index (κ1) is 11.5. The van der Waals surface area contributed by atoms with Crippen molar-refractivity contribution in [1.82, 2.24) is 4.98 Å². The molecule has 0 aliphatic carbocycles. The lowest BCUT2D eigenvalue weighted by Crippen LogP contribution is -2.24. The fraction of sp³-hybridized carbons (Fsp3) is 0.438. The molecular formula is C16H20N2. The third-order valence-corrected chi connectivity index (χ3v) is 3.82. The van der Waals surface area contributed by atoms with Crippen LogP contribution in [0.25, 0.3) is 10.9 Å². The van der Waals surface area contributed by atoms with Crippen molar-refractivity contribution in [3.05, 3.63) is 36.0 Å². The number of pyridine rings is 1. The van der Waals surface area contributed by atoms with Crippen molar-refractivity contribution in [2.24, 2.45) is 0 Å². The van der Waals surface area contributed by atoms with E-state index in [4.69, 9.17) is 0 Å². The number of anilines is 1. The van der Waals surface area contributed by atoms with Crippen LogP contribution >= 0.6 is 0 Å². The van der Waals surface area contributed by atoms with Gasteiger partial charge in [-0.25, -0.2) is 0 Å². The van der Waals surface area contributed by atoms with Gasteiger partial charge in [0.2, 0.25) is 0 Å². The highest BCUT2D eigenvalue weighted by Gasteiger charge is 2.12. The lowest BCUT2D eigenvalue weighted by atomic mass is 10.1. The molecule has 0 radical (unpaired) electrons. The van der Waals surface area contributed by atoms with Gasteiger partial charge >= 0.3 is 0 Å². The zero-order valence-corrected chi connectivity index (χ0v) is 11.0. The molecule has 1 fully saturated rings. The van der Waals surface area contributed by atoms with Crippen LogP contribution in [-0.2, 0) is 0 Å². The van der Waals surface area contributed by atoms with Crippen LogP contribution in [0.3, 0.4) is 0 Å². The van der Waals surface area contributed by atoms with Crippen molar-refractivity contribution in [2.75, 3.05) is 18.0 Å². The Morgan fingerprint density at radius 1 is 1.00 bits per heavy atom. The predicted octanol–water partition coefficient (Wildman–Crippen LogP) is 3.92. The number of aryl methyl sites for hydroxylation is 1. The topological polar surface area (TPSA) is 16.1 Å². The molecular weight excluding hydrogens is 220 g/mol. The Hall–Kier alpha value is -1.57. The van der Waals surface area contributed by atoms with Crippen LogP contribution in [0.4, 0.5) is 5.69 Å². The molecule has 0 spiro atoms. The summed E-state index contributed by atoms with van der Waals surface area (Å²) in [5.74, 6) is 0. The Balaban J connectivity index is 2.06. The SMILES string of the molecule is Cc1ccc2nccc(N3CCCCCC3)c2c1. The second-order valence-electron chi connectivity index (χ2n) is 5.25. The molecule has 1 aromatic heterocycles. The average Bonchev–Trinajstić information content (AvgIpc) is 2.67. The Bertz CT molecular complexity index is 540. The summed E-state index contributed by atoms with van der Waals surface area (Å²) >= 11 is 0. The molecule has 2 aromatic rings. The standard InChI is InChI=1S/C16H20N2/c1-13-6-7-15-14(12-13)16(8-9-17-15)18-10-4-2-3-5-11-18/h6-9,12H,2-5,10-11H2,1H3. The van der Waals surface area contributed by atoms with Gasteiger partial charge in [0.25, 0.3) is 0 Å². The summed E-state index contributed by atoms with van der Waals surface area (Å²) in [6, 6.07) is 8.71. The van der Waals surface area contributed by atoms with Gasteiger partial charge in [0.05, 0.1) is 5.52 Å². The van der Waals surface area contributed by atoms with E-state index in [1.54, 1.807) is 0 Å². The second kappa shape index (κ2) is 4.97. The van der Waals surface area contributed by atoms with Crippen molar-refractivity contribution >= 4 is 16.6 Å². The van der Waals surface area contributed by atoms with E-state index < -0.39 is 0 Å². The van der Waals surface area contributed by atoms with Crippen molar-refractivity contribution in [2.45, 2.75) is 32.6 Å². The number of aromatic nitrogens is 1. The molecule has 0 saturated carbocycles. The molecule has 1 aliphatic heterocycles. The number of nitrogens with zero attached hydrogens (tertiary/aromatic N) is 2. The zero-order chi connectivity index (χ0) is 12.4. The molecule has 94 valence electrons. The molecule has 2 heterocycles. The van der Waals surface area contributed by atoms with E-state index in [0.717, 1.165) is 5.52 Å². The summed E-state index contributed by atoms with van der Waals surface area (Å²) in [4.78, 5) is 7.01. The Labute approximate surface area is 109 Å². The largest absolute Gasteiger partial charge is 0.371 e. The molecule has 0 bridgehead atoms. The van der Waals surface area contributed by atoms with E-state index in [9.17, 15) is 0 Å². The monoisotopic (exact) mass is 240 g/mol. The molecule has 0 atom stereocenters. The minimum absolute atomic E-state index is 1.11. The third-order valence-electron chi connectivity index (χ3n) is 3.82. The first-order chi connectivity index (χ1) is 8.84. The van der Waals surface area contributed by atoms with Crippen molar-refractivity contribution in [3.63, 3.8) is 0 Å². The van der Waals surface area contributed by atoms with Gasteiger partial charge < -0.3 is 4.90 Å². The van der Waals surface area contributed by atoms with Crippen molar-refractivity contribution in [3.8, 4) is 0 Å². The Kier molecular flexibility index (Phi) is 3.18. The minimum Gasteiger partial charge on any atom is -0.371 e. The summed E-state index contributed by atoms with van der Waals surface area (Å²) in [6.07, 6.45) is 7.32. The van der Waals surface area contributed by atoms with Crippen LogP contribution in [0.5, 0.6) is 0 Å². The van der Waals surface area contributed by atoms with Crippen LogP contribution in [0.15, 0.2) is 30.5 Å². The van der Waals surface area contributed by atoms with Gasteiger partial charge in [-0.3, -0.25) is 4.98 Å². The van der Waals surface area contributed by atoms with Gasteiger partial charge in [-0.2, -0.15) is 0 Å². The number of rotatable bonds is 1. The van der Waals surface area contributed by atoms with E-state index >= 15 is 0 Å². The van der Waals surface area contributed by atoms with E-state index in [1.807, 2.05) is 6.20 Å². The van der Waals surface area contributed by atoms with E-state index in [-0.39, 0.29) is 0 Å². The van der Waals surface area contributed by atoms with Gasteiger partial charge in [0.1, 0.15) is 0 Å². The summed E-state index contributed by atoms with van der Waals surface area (Å²) in [5.41, 5.74) is 3.79. The first-order valence-electron chi connectivity index (χ1n) is 6.95. The second-order valence-corrected chi connectivity index (χ2v) is 5.25. The van der Waals surface area contributed by atoms with Gasteiger partial charge in [-0.1, -0.05) is 24.5 Å². The van der Waals surface area contributed by atoms with Crippen LogP contribution in [0, 0.1) is 6.92 Å². The average molecular weight is 240 g/mol. The van der Waals surface area contributed by atoms with Crippen LogP contribution < -0.4 is 4.90 Å². The number of hydrogen-bond acceptors (Lipinski definition) is 2. The quantitative estimate of drug-likeness (QED) is 0.751. The smallest absolute Gasteiger partial charge is 0.0722 e. The van der Waals surface area contributed by atoms with Crippen molar-refractivity contribution < 1.29 is 0 Å². The summed E-state index contributed by atoms with van der Waals surface area (Å²) in [5, 5.41) is 1.31. The number of fused-ring (bicyclic) bond motifs is 1. The van der Waals surface area contributed by atoms with Crippen LogP contribution in [0.2, 0.25) is 0 Å². The minimum atomic E-state index is 1.11. The fourth-order valence-electron chi connectivity index (χ4n) is 2.83. The molecule has 1 aliphatic rings. The molecule has 0 unspecified atom stereocenters. The van der Waals surface area contributed by atoms with Gasteiger partial charge in [0, 0.05) is 30.4 Å². The summed E-state index contributed by atoms with van der Waals surface area (Å²) < 4.78 is 0. The van der Waals surface area contributed by atoms with E-state index in [1.165, 1.54) is 55.4 Å². The third kappa shape index (κ3) is 2.20. The van der Waals surface area contributed by atoms with Crippen LogP contribution in [-0.4, -0.2) is 18.1 Å². The maximum atomic E-state index is 4.47. The Morgan fingerprint density at radius 3 is 2.56 bits per heavy atom. The van der Waals surface area contributed by atoms with Gasteiger partial charge in [-0.05, 0) is 38.0 Å². The highest BCUT2D eigenvalue weighted by Crippen LogP contribution is 2.28. The predicted molar refractivity (Wildman–Crippen MR) is 77.2 cm³/mol. The number of hydrogen-bond donors (Lipinski definition) is 0. The molecule has 2 heteroatoms. The molecule has 1 saturated heterocycles. The first-order valence-corrected chi connectivity index (χ1v) is 6.95. The maximum absolute atomic E-state index is 4.47. The molecule has 3 rings (SSSR count). The molecule has 1 aromatic carbocycles. The summed E-state index contributed by atoms with van der Waals surface area (Å²) in [7, 11) is 0. The highest BCUT2D eigenvalue weighted by molar-refractivity contribution is 5.92. The van der Waals surface area contributed by atoms with E-state index in [2.05, 4.69) is 41.1 Å². The molecule has 18 heavy (non-hydrogen) atoms. The maximum Gasteiger partial charge on any atom is 0.0722 e. The molecule has 2 nitrogen and oxygen atoms in total. The lowest BCUT2D eigenvalue weighted by molar-refractivity contribution is 0.726. The molecule has 0 amide bonds. The summed E-state index contributed by atoms with van der Waals surface area (Å²) in [6.45, 7) is 4.53. The lowest BCUT2D eigenvalue weighted by Gasteiger charge is -2.24. The Morgan fingerprint density at radius 2 is 1.78 bits per heavy atom. The normalized spacial score (nSPS) is 16.8. The van der Waals surface area contributed by atoms with Gasteiger partial charge in [0.15, 0.2) is 0 Å². The molecule has 0 N–H and O–H groups in total. The van der Waals surface area contributed by atoms with Crippen LogP contribution in [0.1, 0.15) is 31.2 Å². The van der Waals surface area contributed by atoms with E-state index in [0.29, 0.717) is 0 Å². The van der Waals surface area contributed by atoms with Gasteiger partial charge in [-0.15, -0.1) is 0 Å². The number of benzene rings is 1.